The molecule has 2 aliphatic rings. The van der Waals surface area contributed by atoms with Gasteiger partial charge in [-0.1, -0.05) is 38.1 Å². The fourth-order valence-corrected chi connectivity index (χ4v) is 3.97. The van der Waals surface area contributed by atoms with E-state index in [1.165, 1.54) is 45.3 Å². The van der Waals surface area contributed by atoms with E-state index in [4.69, 9.17) is 5.73 Å². The van der Waals surface area contributed by atoms with E-state index in [0.717, 1.165) is 0 Å². The molecule has 1 aromatic rings. The molecule has 1 fully saturated rings. The SMILES string of the molecule is CC1(C)CCC(CN2CCc3ccccc3CC2)C1N. The lowest BCUT2D eigenvalue weighted by Gasteiger charge is -2.30. The highest BCUT2D eigenvalue weighted by Gasteiger charge is 2.39. The summed E-state index contributed by atoms with van der Waals surface area (Å²) < 4.78 is 0. The zero-order valence-electron chi connectivity index (χ0n) is 12.9. The second kappa shape index (κ2) is 5.50. The summed E-state index contributed by atoms with van der Waals surface area (Å²) in [7, 11) is 0. The Hall–Kier alpha value is -0.860. The van der Waals surface area contributed by atoms with Gasteiger partial charge in [0, 0.05) is 25.7 Å². The second-order valence-electron chi connectivity index (χ2n) is 7.38. The fraction of sp³-hybridized carbons (Fsp3) is 0.667. The van der Waals surface area contributed by atoms with Crippen LogP contribution in [0.5, 0.6) is 0 Å². The van der Waals surface area contributed by atoms with Gasteiger partial charge in [-0.3, -0.25) is 0 Å². The normalized spacial score (nSPS) is 29.9. The topological polar surface area (TPSA) is 29.3 Å². The molecule has 1 saturated carbocycles. The van der Waals surface area contributed by atoms with Crippen molar-refractivity contribution in [2.75, 3.05) is 19.6 Å². The third-order valence-electron chi connectivity index (χ3n) is 5.58. The van der Waals surface area contributed by atoms with Gasteiger partial charge in [0.05, 0.1) is 0 Å². The summed E-state index contributed by atoms with van der Waals surface area (Å²) in [5, 5.41) is 0. The molecule has 2 N–H and O–H groups in total. The molecule has 110 valence electrons. The Kier molecular flexibility index (Phi) is 3.87. The summed E-state index contributed by atoms with van der Waals surface area (Å²) in [6.07, 6.45) is 4.98. The molecule has 0 spiro atoms. The van der Waals surface area contributed by atoms with Gasteiger partial charge in [0.1, 0.15) is 0 Å². The first-order chi connectivity index (χ1) is 9.56. The molecule has 2 heteroatoms. The molecule has 2 unspecified atom stereocenters. The van der Waals surface area contributed by atoms with Gasteiger partial charge in [-0.25, -0.2) is 0 Å². The summed E-state index contributed by atoms with van der Waals surface area (Å²) in [5.41, 5.74) is 9.90. The van der Waals surface area contributed by atoms with E-state index in [1.54, 1.807) is 11.1 Å². The van der Waals surface area contributed by atoms with Crippen LogP contribution in [0.15, 0.2) is 24.3 Å². The predicted molar refractivity (Wildman–Crippen MR) is 84.8 cm³/mol. The Morgan fingerprint density at radius 2 is 1.75 bits per heavy atom. The quantitative estimate of drug-likeness (QED) is 0.897. The van der Waals surface area contributed by atoms with E-state index >= 15 is 0 Å². The minimum Gasteiger partial charge on any atom is -0.327 e. The van der Waals surface area contributed by atoms with E-state index in [-0.39, 0.29) is 0 Å². The first-order valence-corrected chi connectivity index (χ1v) is 8.11. The zero-order chi connectivity index (χ0) is 14.2. The minimum atomic E-state index is 0.333. The van der Waals surface area contributed by atoms with Crippen LogP contribution in [0.3, 0.4) is 0 Å². The molecule has 0 aromatic heterocycles. The second-order valence-corrected chi connectivity index (χ2v) is 7.38. The van der Waals surface area contributed by atoms with Crippen LogP contribution in [0, 0.1) is 11.3 Å². The van der Waals surface area contributed by atoms with Gasteiger partial charge in [-0.15, -0.1) is 0 Å². The van der Waals surface area contributed by atoms with Crippen molar-refractivity contribution in [3.8, 4) is 0 Å². The van der Waals surface area contributed by atoms with Gasteiger partial charge in [0.15, 0.2) is 0 Å². The number of hydrogen-bond acceptors (Lipinski definition) is 2. The van der Waals surface area contributed by atoms with Gasteiger partial charge in [-0.2, -0.15) is 0 Å². The highest BCUT2D eigenvalue weighted by molar-refractivity contribution is 5.28. The lowest BCUT2D eigenvalue weighted by molar-refractivity contribution is 0.211. The van der Waals surface area contributed by atoms with Gasteiger partial charge in [0.2, 0.25) is 0 Å². The molecular weight excluding hydrogens is 244 g/mol. The van der Waals surface area contributed by atoms with Crippen molar-refractivity contribution in [2.45, 2.75) is 45.6 Å². The van der Waals surface area contributed by atoms with Crippen LogP contribution < -0.4 is 5.73 Å². The molecule has 2 atom stereocenters. The molecule has 0 saturated heterocycles. The molecule has 1 aliphatic carbocycles. The first-order valence-electron chi connectivity index (χ1n) is 8.11. The number of hydrogen-bond donors (Lipinski definition) is 1. The molecule has 3 rings (SSSR count). The van der Waals surface area contributed by atoms with Crippen molar-refractivity contribution >= 4 is 0 Å². The van der Waals surface area contributed by atoms with E-state index in [2.05, 4.69) is 43.0 Å². The summed E-state index contributed by atoms with van der Waals surface area (Å²) in [5.74, 6) is 0.686. The van der Waals surface area contributed by atoms with E-state index in [0.29, 0.717) is 17.4 Å². The Labute approximate surface area is 123 Å². The predicted octanol–water partition coefficient (Wildman–Crippen LogP) is 2.85. The number of benzene rings is 1. The third kappa shape index (κ3) is 2.77. The van der Waals surface area contributed by atoms with Gasteiger partial charge in [-0.05, 0) is 48.1 Å². The summed E-state index contributed by atoms with van der Waals surface area (Å²) >= 11 is 0. The maximum Gasteiger partial charge on any atom is 0.0131 e. The van der Waals surface area contributed by atoms with Crippen molar-refractivity contribution in [1.29, 1.82) is 0 Å². The third-order valence-corrected chi connectivity index (χ3v) is 5.58. The first kappa shape index (κ1) is 14.1. The molecule has 1 aromatic carbocycles. The molecule has 0 bridgehead atoms. The largest absolute Gasteiger partial charge is 0.327 e. The van der Waals surface area contributed by atoms with E-state index < -0.39 is 0 Å². The summed E-state index contributed by atoms with van der Waals surface area (Å²) in [6, 6.07) is 9.30. The Morgan fingerprint density at radius 1 is 1.15 bits per heavy atom. The van der Waals surface area contributed by atoms with Crippen LogP contribution in [0.4, 0.5) is 0 Å². The lowest BCUT2D eigenvalue weighted by Crippen LogP contribution is -2.42. The average Bonchev–Trinajstić information content (AvgIpc) is 2.63. The van der Waals surface area contributed by atoms with Crippen LogP contribution >= 0.6 is 0 Å². The Bertz CT molecular complexity index is 439. The fourth-order valence-electron chi connectivity index (χ4n) is 3.97. The Balaban J connectivity index is 1.61. The van der Waals surface area contributed by atoms with Crippen LogP contribution in [0.2, 0.25) is 0 Å². The summed E-state index contributed by atoms with van der Waals surface area (Å²) in [6.45, 7) is 8.24. The average molecular weight is 272 g/mol. The number of fused-ring (bicyclic) bond motifs is 1. The maximum atomic E-state index is 6.47. The van der Waals surface area contributed by atoms with Crippen molar-refractivity contribution in [1.82, 2.24) is 4.90 Å². The Morgan fingerprint density at radius 3 is 2.25 bits per heavy atom. The number of nitrogens with zero attached hydrogens (tertiary/aromatic N) is 1. The molecule has 0 radical (unpaired) electrons. The molecule has 2 nitrogen and oxygen atoms in total. The van der Waals surface area contributed by atoms with Crippen LogP contribution in [0.25, 0.3) is 0 Å². The maximum absolute atomic E-state index is 6.47. The van der Waals surface area contributed by atoms with Crippen LogP contribution in [0.1, 0.15) is 37.8 Å². The van der Waals surface area contributed by atoms with Crippen molar-refractivity contribution in [3.05, 3.63) is 35.4 Å². The number of nitrogens with two attached hydrogens (primary N) is 1. The molecule has 1 aliphatic heterocycles. The number of rotatable bonds is 2. The van der Waals surface area contributed by atoms with E-state index in [1.807, 2.05) is 0 Å². The molecule has 1 heterocycles. The highest BCUT2D eigenvalue weighted by atomic mass is 15.1. The van der Waals surface area contributed by atoms with Crippen molar-refractivity contribution in [3.63, 3.8) is 0 Å². The van der Waals surface area contributed by atoms with Gasteiger partial charge in [0.25, 0.3) is 0 Å². The van der Waals surface area contributed by atoms with Gasteiger partial charge >= 0.3 is 0 Å². The van der Waals surface area contributed by atoms with Crippen LogP contribution in [-0.4, -0.2) is 30.6 Å². The molecular formula is C18H28N2. The van der Waals surface area contributed by atoms with Crippen molar-refractivity contribution in [2.24, 2.45) is 17.1 Å². The van der Waals surface area contributed by atoms with Crippen LogP contribution in [-0.2, 0) is 12.8 Å². The monoisotopic (exact) mass is 272 g/mol. The standard InChI is InChI=1S/C18H28N2/c1-18(2)10-7-16(17(18)19)13-20-11-8-14-5-3-4-6-15(14)9-12-20/h3-6,16-17H,7-13,19H2,1-2H3. The smallest absolute Gasteiger partial charge is 0.0131 e. The molecule has 20 heavy (non-hydrogen) atoms. The highest BCUT2D eigenvalue weighted by Crippen LogP contribution is 2.40. The minimum absolute atomic E-state index is 0.333. The summed E-state index contributed by atoms with van der Waals surface area (Å²) in [4.78, 5) is 2.64. The van der Waals surface area contributed by atoms with Crippen molar-refractivity contribution < 1.29 is 0 Å². The molecule has 0 amide bonds. The van der Waals surface area contributed by atoms with E-state index in [9.17, 15) is 0 Å². The lowest BCUT2D eigenvalue weighted by atomic mass is 9.85. The zero-order valence-corrected chi connectivity index (χ0v) is 12.9. The van der Waals surface area contributed by atoms with Gasteiger partial charge < -0.3 is 10.6 Å².